The Morgan fingerprint density at radius 2 is 2.58 bits per heavy atom. The number of aromatic nitrogens is 2. The van der Waals surface area contributed by atoms with Gasteiger partial charge in [0.05, 0.1) is 18.2 Å². The van der Waals surface area contributed by atoms with E-state index in [0.29, 0.717) is 18.0 Å². The number of ether oxygens (including phenoxy) is 1. The van der Waals surface area contributed by atoms with Crippen LogP contribution >= 0.6 is 11.6 Å². The number of hydrogen-bond acceptors (Lipinski definition) is 3. The quantitative estimate of drug-likeness (QED) is 0.575. The molecule has 4 nitrogen and oxygen atoms in total. The zero-order valence-electron chi connectivity index (χ0n) is 6.63. The van der Waals surface area contributed by atoms with Gasteiger partial charge in [0.2, 0.25) is 0 Å². The van der Waals surface area contributed by atoms with Crippen LogP contribution in [0.15, 0.2) is 6.07 Å². The van der Waals surface area contributed by atoms with Crippen LogP contribution in [0.4, 0.5) is 0 Å². The topological polar surface area (TPSA) is 55.0 Å². The monoisotopic (exact) mass is 188 g/mol. The third-order valence-corrected chi connectivity index (χ3v) is 1.54. The molecule has 0 atom stereocenters. The van der Waals surface area contributed by atoms with Crippen LogP contribution in [0.2, 0.25) is 0 Å². The third kappa shape index (κ3) is 1.98. The first-order chi connectivity index (χ1) is 5.77. The van der Waals surface area contributed by atoms with Crippen LogP contribution in [-0.2, 0) is 10.6 Å². The molecular formula is C7H9ClN2O2. The van der Waals surface area contributed by atoms with Crippen LogP contribution in [0.5, 0.6) is 0 Å². The summed E-state index contributed by atoms with van der Waals surface area (Å²) in [5, 5.41) is 6.31. The molecule has 0 saturated heterocycles. The van der Waals surface area contributed by atoms with E-state index in [1.807, 2.05) is 0 Å². The highest BCUT2D eigenvalue weighted by Crippen LogP contribution is 2.03. The first kappa shape index (κ1) is 9.06. The van der Waals surface area contributed by atoms with Gasteiger partial charge in [-0.3, -0.25) is 5.10 Å². The molecule has 1 rings (SSSR count). The van der Waals surface area contributed by atoms with Crippen molar-refractivity contribution in [2.75, 3.05) is 6.61 Å². The minimum absolute atomic E-state index is 0.288. The molecule has 0 spiro atoms. The average Bonchev–Trinajstić information content (AvgIpc) is 2.52. The molecule has 0 saturated carbocycles. The molecule has 1 aromatic rings. The molecule has 0 aromatic carbocycles. The summed E-state index contributed by atoms with van der Waals surface area (Å²) >= 11 is 5.49. The van der Waals surface area contributed by atoms with Crippen molar-refractivity contribution in [3.05, 3.63) is 17.5 Å². The molecule has 0 aliphatic rings. The van der Waals surface area contributed by atoms with Crippen LogP contribution in [-0.4, -0.2) is 22.8 Å². The molecule has 0 aliphatic carbocycles. The van der Waals surface area contributed by atoms with E-state index in [9.17, 15) is 4.79 Å². The Balaban J connectivity index is 2.68. The minimum atomic E-state index is -0.402. The van der Waals surface area contributed by atoms with Gasteiger partial charge < -0.3 is 4.74 Å². The summed E-state index contributed by atoms with van der Waals surface area (Å²) in [5.41, 5.74) is 0.979. The third-order valence-electron chi connectivity index (χ3n) is 1.26. The summed E-state index contributed by atoms with van der Waals surface area (Å²) in [6, 6.07) is 1.57. The standard InChI is InChI=1S/C7H9ClN2O2/c1-2-12-7(11)6-3-5(4-8)9-10-6/h3H,2,4H2,1H3,(H,9,10). The van der Waals surface area contributed by atoms with E-state index in [0.717, 1.165) is 0 Å². The van der Waals surface area contributed by atoms with E-state index in [2.05, 4.69) is 10.2 Å². The Labute approximate surface area is 74.9 Å². The fourth-order valence-corrected chi connectivity index (χ4v) is 0.882. The van der Waals surface area contributed by atoms with E-state index in [1.54, 1.807) is 13.0 Å². The number of carbonyl (C=O) groups is 1. The number of nitrogens with zero attached hydrogens (tertiary/aromatic N) is 1. The molecule has 0 radical (unpaired) electrons. The predicted molar refractivity (Wildman–Crippen MR) is 44.1 cm³/mol. The van der Waals surface area contributed by atoms with Crippen LogP contribution in [0, 0.1) is 0 Å². The molecular weight excluding hydrogens is 180 g/mol. The van der Waals surface area contributed by atoms with Gasteiger partial charge in [-0.1, -0.05) is 0 Å². The van der Waals surface area contributed by atoms with Gasteiger partial charge in [0, 0.05) is 0 Å². The maximum absolute atomic E-state index is 11.0. The Bertz CT molecular complexity index is 272. The highest BCUT2D eigenvalue weighted by Gasteiger charge is 2.09. The summed E-state index contributed by atoms with van der Waals surface area (Å²) in [6.45, 7) is 2.10. The molecule has 0 amide bonds. The SMILES string of the molecule is CCOC(=O)c1cc(CCl)n[nH]1. The van der Waals surface area contributed by atoms with Gasteiger partial charge in [0.15, 0.2) is 0 Å². The Kier molecular flexibility index (Phi) is 3.10. The number of halogens is 1. The van der Waals surface area contributed by atoms with Crippen molar-refractivity contribution in [3.8, 4) is 0 Å². The molecule has 0 unspecified atom stereocenters. The lowest BCUT2D eigenvalue weighted by atomic mass is 10.4. The van der Waals surface area contributed by atoms with Crippen molar-refractivity contribution >= 4 is 17.6 Å². The first-order valence-corrected chi connectivity index (χ1v) is 4.08. The smallest absolute Gasteiger partial charge is 0.356 e. The van der Waals surface area contributed by atoms with Gasteiger partial charge in [-0.25, -0.2) is 4.79 Å². The normalized spacial score (nSPS) is 9.83. The van der Waals surface area contributed by atoms with Crippen molar-refractivity contribution in [2.24, 2.45) is 0 Å². The van der Waals surface area contributed by atoms with Gasteiger partial charge in [-0.2, -0.15) is 5.10 Å². The second kappa shape index (κ2) is 4.11. The lowest BCUT2D eigenvalue weighted by Crippen LogP contribution is -2.04. The predicted octanol–water partition coefficient (Wildman–Crippen LogP) is 1.33. The molecule has 0 aliphatic heterocycles. The van der Waals surface area contributed by atoms with E-state index >= 15 is 0 Å². The van der Waals surface area contributed by atoms with E-state index in [-0.39, 0.29) is 5.88 Å². The highest BCUT2D eigenvalue weighted by molar-refractivity contribution is 6.16. The van der Waals surface area contributed by atoms with E-state index in [1.165, 1.54) is 0 Å². The second-order valence-corrected chi connectivity index (χ2v) is 2.39. The zero-order chi connectivity index (χ0) is 8.97. The Morgan fingerprint density at radius 1 is 1.83 bits per heavy atom. The summed E-state index contributed by atoms with van der Waals surface area (Å²) in [5.74, 6) is -0.114. The van der Waals surface area contributed by atoms with Gasteiger partial charge >= 0.3 is 5.97 Å². The lowest BCUT2D eigenvalue weighted by Gasteiger charge is -1.95. The molecule has 0 bridgehead atoms. The lowest BCUT2D eigenvalue weighted by molar-refractivity contribution is 0.0519. The molecule has 1 N–H and O–H groups in total. The fraction of sp³-hybridized carbons (Fsp3) is 0.429. The van der Waals surface area contributed by atoms with E-state index in [4.69, 9.17) is 16.3 Å². The second-order valence-electron chi connectivity index (χ2n) is 2.13. The van der Waals surface area contributed by atoms with Gasteiger partial charge in [0.1, 0.15) is 5.69 Å². The van der Waals surface area contributed by atoms with Crippen LogP contribution in [0.25, 0.3) is 0 Å². The number of alkyl halides is 1. The summed E-state index contributed by atoms with van der Waals surface area (Å²) in [6.07, 6.45) is 0. The summed E-state index contributed by atoms with van der Waals surface area (Å²) < 4.78 is 4.73. The number of H-pyrrole nitrogens is 1. The number of rotatable bonds is 3. The summed E-state index contributed by atoms with van der Waals surface area (Å²) in [4.78, 5) is 11.0. The number of aromatic amines is 1. The van der Waals surface area contributed by atoms with Crippen molar-refractivity contribution in [3.63, 3.8) is 0 Å². The fourth-order valence-electron chi connectivity index (χ4n) is 0.745. The number of hydrogen-bond donors (Lipinski definition) is 1. The molecule has 66 valence electrons. The largest absolute Gasteiger partial charge is 0.461 e. The van der Waals surface area contributed by atoms with Crippen molar-refractivity contribution in [2.45, 2.75) is 12.8 Å². The molecule has 12 heavy (non-hydrogen) atoms. The minimum Gasteiger partial charge on any atom is -0.461 e. The highest BCUT2D eigenvalue weighted by atomic mass is 35.5. The maximum atomic E-state index is 11.0. The Hall–Kier alpha value is -1.03. The Morgan fingerprint density at radius 3 is 3.08 bits per heavy atom. The van der Waals surface area contributed by atoms with Crippen LogP contribution < -0.4 is 0 Å². The van der Waals surface area contributed by atoms with Gasteiger partial charge in [-0.05, 0) is 13.0 Å². The van der Waals surface area contributed by atoms with E-state index < -0.39 is 5.97 Å². The summed E-state index contributed by atoms with van der Waals surface area (Å²) in [7, 11) is 0. The van der Waals surface area contributed by atoms with Crippen LogP contribution in [0.1, 0.15) is 23.1 Å². The van der Waals surface area contributed by atoms with Crippen LogP contribution in [0.3, 0.4) is 0 Å². The number of esters is 1. The maximum Gasteiger partial charge on any atom is 0.356 e. The number of carbonyl (C=O) groups excluding carboxylic acids is 1. The molecule has 5 heteroatoms. The average molecular weight is 189 g/mol. The zero-order valence-corrected chi connectivity index (χ0v) is 7.39. The molecule has 1 heterocycles. The molecule has 1 aromatic heterocycles. The van der Waals surface area contributed by atoms with Crippen molar-refractivity contribution < 1.29 is 9.53 Å². The van der Waals surface area contributed by atoms with Crippen molar-refractivity contribution in [1.29, 1.82) is 0 Å². The van der Waals surface area contributed by atoms with Crippen molar-refractivity contribution in [1.82, 2.24) is 10.2 Å². The molecule has 0 fully saturated rings. The van der Waals surface area contributed by atoms with Gasteiger partial charge in [-0.15, -0.1) is 11.6 Å². The first-order valence-electron chi connectivity index (χ1n) is 3.55. The van der Waals surface area contributed by atoms with Gasteiger partial charge in [0.25, 0.3) is 0 Å². The number of nitrogens with one attached hydrogen (secondary N) is 1.